The first kappa shape index (κ1) is 15.6. The lowest BCUT2D eigenvalue weighted by Crippen LogP contribution is -2.37. The van der Waals surface area contributed by atoms with E-state index < -0.39 is 0 Å². The predicted molar refractivity (Wildman–Crippen MR) is 97.0 cm³/mol. The molecule has 25 heavy (non-hydrogen) atoms. The second kappa shape index (κ2) is 6.93. The van der Waals surface area contributed by atoms with Gasteiger partial charge in [0.15, 0.2) is 0 Å². The molecule has 1 aromatic carbocycles. The van der Waals surface area contributed by atoms with Gasteiger partial charge in [-0.1, -0.05) is 18.2 Å². The van der Waals surface area contributed by atoms with Crippen LogP contribution in [0.2, 0.25) is 0 Å². The Morgan fingerprint density at radius 1 is 1.12 bits per heavy atom. The van der Waals surface area contributed by atoms with E-state index in [2.05, 4.69) is 19.9 Å². The number of nitrogens with zero attached hydrogens (tertiary/aromatic N) is 3. The number of anilines is 1. The number of aromatic amines is 1. The first-order chi connectivity index (χ1) is 12.3. The van der Waals surface area contributed by atoms with Crippen LogP contribution in [0.3, 0.4) is 0 Å². The summed E-state index contributed by atoms with van der Waals surface area (Å²) in [5, 5.41) is 0.630. The van der Waals surface area contributed by atoms with Gasteiger partial charge in [-0.05, 0) is 37.0 Å². The number of pyridine rings is 1. The number of nitrogens with one attached hydrogen (secondary N) is 1. The number of fused-ring (bicyclic) bond motifs is 1. The van der Waals surface area contributed by atoms with Crippen LogP contribution in [0.15, 0.2) is 53.5 Å². The molecule has 6 nitrogen and oxygen atoms in total. The first-order valence-electron chi connectivity index (χ1n) is 8.57. The molecule has 0 spiro atoms. The number of hydrogen-bond donors (Lipinski definition) is 1. The molecule has 1 saturated heterocycles. The summed E-state index contributed by atoms with van der Waals surface area (Å²) in [6.45, 7) is 2.39. The number of para-hydroxylation sites is 1. The third-order valence-electron chi connectivity index (χ3n) is 4.62. The van der Waals surface area contributed by atoms with Crippen molar-refractivity contribution in [3.05, 3.63) is 59.0 Å². The van der Waals surface area contributed by atoms with E-state index in [0.29, 0.717) is 29.7 Å². The molecule has 2 aromatic heterocycles. The quantitative estimate of drug-likeness (QED) is 0.793. The van der Waals surface area contributed by atoms with E-state index in [-0.39, 0.29) is 5.56 Å². The van der Waals surface area contributed by atoms with Gasteiger partial charge in [0, 0.05) is 25.4 Å². The Balaban J connectivity index is 1.39. The number of piperidine rings is 1. The molecule has 4 rings (SSSR count). The molecule has 1 N–H and O–H groups in total. The lowest BCUT2D eigenvalue weighted by molar-refractivity contribution is 0.215. The molecule has 128 valence electrons. The zero-order valence-electron chi connectivity index (χ0n) is 13.9. The molecule has 0 atom stereocenters. The van der Waals surface area contributed by atoms with Crippen LogP contribution in [0.5, 0.6) is 5.88 Å². The van der Waals surface area contributed by atoms with Crippen molar-refractivity contribution in [2.45, 2.75) is 12.8 Å². The van der Waals surface area contributed by atoms with E-state index in [4.69, 9.17) is 4.74 Å². The van der Waals surface area contributed by atoms with Gasteiger partial charge in [0.2, 0.25) is 11.8 Å². The number of ether oxygens (including phenoxy) is 1. The molecule has 0 amide bonds. The van der Waals surface area contributed by atoms with E-state index in [0.717, 1.165) is 31.4 Å². The molecular formula is C19H20N4O2. The standard InChI is InChI=1S/C19H20N4O2/c24-18-15-5-1-2-6-16(15)21-19(22-18)23-11-8-14(9-12-23)13-25-17-7-3-4-10-20-17/h1-7,10,14H,8-9,11-13H2,(H,21,22,24). The van der Waals surface area contributed by atoms with Crippen molar-refractivity contribution < 1.29 is 4.74 Å². The Hall–Kier alpha value is -2.89. The van der Waals surface area contributed by atoms with E-state index in [1.165, 1.54) is 0 Å². The number of aromatic nitrogens is 3. The Labute approximate surface area is 145 Å². The van der Waals surface area contributed by atoms with Crippen LogP contribution in [-0.2, 0) is 0 Å². The molecule has 0 bridgehead atoms. The third-order valence-corrected chi connectivity index (χ3v) is 4.62. The van der Waals surface area contributed by atoms with Crippen LogP contribution >= 0.6 is 0 Å². The van der Waals surface area contributed by atoms with Gasteiger partial charge in [-0.25, -0.2) is 9.97 Å². The summed E-state index contributed by atoms with van der Waals surface area (Å²) in [5.74, 6) is 1.82. The van der Waals surface area contributed by atoms with Gasteiger partial charge in [0.1, 0.15) is 0 Å². The molecule has 0 saturated carbocycles. The monoisotopic (exact) mass is 336 g/mol. The first-order valence-corrected chi connectivity index (χ1v) is 8.57. The minimum absolute atomic E-state index is 0.0822. The summed E-state index contributed by atoms with van der Waals surface area (Å²) in [5.41, 5.74) is 0.656. The van der Waals surface area contributed by atoms with Crippen LogP contribution in [0.1, 0.15) is 12.8 Å². The van der Waals surface area contributed by atoms with Crippen molar-refractivity contribution in [1.82, 2.24) is 15.0 Å². The molecule has 0 unspecified atom stereocenters. The fourth-order valence-corrected chi connectivity index (χ4v) is 3.17. The van der Waals surface area contributed by atoms with Gasteiger partial charge >= 0.3 is 0 Å². The van der Waals surface area contributed by atoms with Gasteiger partial charge in [-0.15, -0.1) is 0 Å². The van der Waals surface area contributed by atoms with Gasteiger partial charge in [-0.3, -0.25) is 9.78 Å². The summed E-state index contributed by atoms with van der Waals surface area (Å²) in [6.07, 6.45) is 3.74. The van der Waals surface area contributed by atoms with E-state index in [1.54, 1.807) is 12.3 Å². The van der Waals surface area contributed by atoms with E-state index in [9.17, 15) is 4.79 Å². The fraction of sp³-hybridized carbons (Fsp3) is 0.316. The van der Waals surface area contributed by atoms with Crippen molar-refractivity contribution in [1.29, 1.82) is 0 Å². The Morgan fingerprint density at radius 3 is 2.72 bits per heavy atom. The number of rotatable bonds is 4. The lowest BCUT2D eigenvalue weighted by Gasteiger charge is -2.32. The normalized spacial score (nSPS) is 15.4. The van der Waals surface area contributed by atoms with Crippen LogP contribution in [-0.4, -0.2) is 34.6 Å². The smallest absolute Gasteiger partial charge is 0.260 e. The molecule has 6 heteroatoms. The third kappa shape index (κ3) is 3.47. The van der Waals surface area contributed by atoms with Crippen molar-refractivity contribution in [3.8, 4) is 5.88 Å². The zero-order valence-corrected chi connectivity index (χ0v) is 13.9. The maximum atomic E-state index is 12.2. The number of hydrogen-bond acceptors (Lipinski definition) is 5. The van der Waals surface area contributed by atoms with Crippen molar-refractivity contribution in [3.63, 3.8) is 0 Å². The van der Waals surface area contributed by atoms with Crippen LogP contribution in [0.4, 0.5) is 5.95 Å². The van der Waals surface area contributed by atoms with Crippen LogP contribution in [0.25, 0.3) is 10.9 Å². The highest BCUT2D eigenvalue weighted by Gasteiger charge is 2.22. The summed E-state index contributed by atoms with van der Waals surface area (Å²) >= 11 is 0. The summed E-state index contributed by atoms with van der Waals surface area (Å²) in [4.78, 5) is 26.1. The van der Waals surface area contributed by atoms with Gasteiger partial charge in [0.25, 0.3) is 5.56 Å². The lowest BCUT2D eigenvalue weighted by atomic mass is 9.98. The summed E-state index contributed by atoms with van der Waals surface area (Å²) < 4.78 is 5.76. The minimum Gasteiger partial charge on any atom is -0.477 e. The number of H-pyrrole nitrogens is 1. The topological polar surface area (TPSA) is 71.1 Å². The molecule has 0 aliphatic carbocycles. The molecule has 0 radical (unpaired) electrons. The Kier molecular flexibility index (Phi) is 4.33. The van der Waals surface area contributed by atoms with E-state index >= 15 is 0 Å². The Bertz CT molecular complexity index is 902. The van der Waals surface area contributed by atoms with Gasteiger partial charge < -0.3 is 9.64 Å². The zero-order chi connectivity index (χ0) is 17.1. The van der Waals surface area contributed by atoms with Gasteiger partial charge in [0.05, 0.1) is 17.5 Å². The average molecular weight is 336 g/mol. The minimum atomic E-state index is -0.0822. The maximum absolute atomic E-state index is 12.2. The number of benzene rings is 1. The molecule has 1 aliphatic heterocycles. The SMILES string of the molecule is O=c1[nH]c(N2CCC(COc3ccccn3)CC2)nc2ccccc12. The van der Waals surface area contributed by atoms with Crippen molar-refractivity contribution >= 4 is 16.9 Å². The highest BCUT2D eigenvalue weighted by atomic mass is 16.5. The fourth-order valence-electron chi connectivity index (χ4n) is 3.17. The summed E-state index contributed by atoms with van der Waals surface area (Å²) in [6, 6.07) is 13.1. The largest absolute Gasteiger partial charge is 0.477 e. The second-order valence-corrected chi connectivity index (χ2v) is 6.32. The molecule has 3 heterocycles. The maximum Gasteiger partial charge on any atom is 0.260 e. The van der Waals surface area contributed by atoms with E-state index in [1.807, 2.05) is 36.4 Å². The second-order valence-electron chi connectivity index (χ2n) is 6.32. The predicted octanol–water partition coefficient (Wildman–Crippen LogP) is 2.61. The van der Waals surface area contributed by atoms with Crippen LogP contribution in [0, 0.1) is 5.92 Å². The summed E-state index contributed by atoms with van der Waals surface area (Å²) in [7, 11) is 0. The van der Waals surface area contributed by atoms with Crippen molar-refractivity contribution in [2.75, 3.05) is 24.6 Å². The Morgan fingerprint density at radius 2 is 1.92 bits per heavy atom. The van der Waals surface area contributed by atoms with Crippen LogP contribution < -0.4 is 15.2 Å². The van der Waals surface area contributed by atoms with Gasteiger partial charge in [-0.2, -0.15) is 0 Å². The van der Waals surface area contributed by atoms with Crippen molar-refractivity contribution in [2.24, 2.45) is 5.92 Å². The molecule has 3 aromatic rings. The molecule has 1 aliphatic rings. The molecule has 1 fully saturated rings. The average Bonchev–Trinajstić information content (AvgIpc) is 2.68. The highest BCUT2D eigenvalue weighted by molar-refractivity contribution is 5.78. The molecular weight excluding hydrogens is 316 g/mol. The highest BCUT2D eigenvalue weighted by Crippen LogP contribution is 2.22.